The first-order valence-electron chi connectivity index (χ1n) is 8.25. The fourth-order valence-corrected chi connectivity index (χ4v) is 3.71. The summed E-state index contributed by atoms with van der Waals surface area (Å²) in [5.41, 5.74) is 1.18. The number of nitrogens with one attached hydrogen (secondary N) is 1. The van der Waals surface area contributed by atoms with Crippen LogP contribution in [0.2, 0.25) is 0 Å². The van der Waals surface area contributed by atoms with Crippen LogP contribution in [-0.2, 0) is 0 Å². The first-order valence-corrected chi connectivity index (χ1v) is 9.13. The van der Waals surface area contributed by atoms with Crippen molar-refractivity contribution in [1.82, 2.24) is 15.2 Å². The van der Waals surface area contributed by atoms with E-state index >= 15 is 0 Å². The molecule has 2 aromatic rings. The van der Waals surface area contributed by atoms with Crippen molar-refractivity contribution in [3.05, 3.63) is 46.4 Å². The second kappa shape index (κ2) is 7.66. The topological polar surface area (TPSA) is 54.5 Å². The number of aromatic nitrogens is 1. The van der Waals surface area contributed by atoms with Gasteiger partial charge in [0.05, 0.1) is 11.6 Å². The number of hydrogen-bond acceptors (Lipinski definition) is 4. The molecule has 0 aliphatic carbocycles. The van der Waals surface area contributed by atoms with Crippen LogP contribution in [0.25, 0.3) is 0 Å². The van der Waals surface area contributed by atoms with E-state index in [1.54, 1.807) is 22.4 Å². The minimum Gasteiger partial charge on any atom is -0.493 e. The van der Waals surface area contributed by atoms with Crippen LogP contribution in [0.4, 0.5) is 4.79 Å². The van der Waals surface area contributed by atoms with Gasteiger partial charge in [0.15, 0.2) is 0 Å². The van der Waals surface area contributed by atoms with E-state index in [0.717, 1.165) is 17.2 Å². The maximum Gasteiger partial charge on any atom is 0.317 e. The van der Waals surface area contributed by atoms with E-state index in [2.05, 4.69) is 23.3 Å². The molecule has 0 bridgehead atoms. The Bertz CT molecular complexity index is 675. The van der Waals surface area contributed by atoms with Crippen LogP contribution < -0.4 is 10.1 Å². The Balaban J connectivity index is 1.52. The Morgan fingerprint density at radius 2 is 2.33 bits per heavy atom. The Hall–Kier alpha value is -2.08. The van der Waals surface area contributed by atoms with Crippen molar-refractivity contribution in [2.24, 2.45) is 0 Å². The number of ether oxygens (including phenoxy) is 1. The summed E-state index contributed by atoms with van der Waals surface area (Å²) in [7, 11) is 1.83. The molecule has 128 valence electrons. The van der Waals surface area contributed by atoms with Crippen molar-refractivity contribution in [3.8, 4) is 5.75 Å². The van der Waals surface area contributed by atoms with E-state index in [1.807, 2.05) is 30.6 Å². The molecule has 1 N–H and O–H groups in total. The number of para-hydroxylation sites is 1. The van der Waals surface area contributed by atoms with Crippen LogP contribution in [0.5, 0.6) is 5.75 Å². The van der Waals surface area contributed by atoms with Gasteiger partial charge in [-0.25, -0.2) is 9.78 Å². The second-order valence-electron chi connectivity index (χ2n) is 6.21. The molecule has 0 saturated carbocycles. The molecule has 3 rings (SSSR count). The maximum atomic E-state index is 12.4. The van der Waals surface area contributed by atoms with Gasteiger partial charge in [-0.1, -0.05) is 25.1 Å². The molecular formula is C18H23N3O2S. The highest BCUT2D eigenvalue weighted by Gasteiger charge is 2.22. The van der Waals surface area contributed by atoms with Gasteiger partial charge in [0.1, 0.15) is 5.75 Å². The summed E-state index contributed by atoms with van der Waals surface area (Å²) in [5.74, 6) is 1.49. The minimum atomic E-state index is -0.0395. The third kappa shape index (κ3) is 3.87. The van der Waals surface area contributed by atoms with E-state index < -0.39 is 0 Å². The van der Waals surface area contributed by atoms with Gasteiger partial charge in [-0.3, -0.25) is 0 Å². The summed E-state index contributed by atoms with van der Waals surface area (Å²) in [6, 6.07) is 8.03. The van der Waals surface area contributed by atoms with E-state index in [0.29, 0.717) is 25.6 Å². The molecule has 0 spiro atoms. The summed E-state index contributed by atoms with van der Waals surface area (Å²) in [6.45, 7) is 4.09. The summed E-state index contributed by atoms with van der Waals surface area (Å²) in [6.07, 6.45) is 2.73. The number of fused-ring (bicyclic) bond motifs is 1. The zero-order valence-corrected chi connectivity index (χ0v) is 14.9. The zero-order chi connectivity index (χ0) is 16.9. The lowest BCUT2D eigenvalue weighted by Gasteiger charge is -2.27. The van der Waals surface area contributed by atoms with Gasteiger partial charge >= 0.3 is 6.03 Å². The summed E-state index contributed by atoms with van der Waals surface area (Å²) < 4.78 is 5.67. The van der Waals surface area contributed by atoms with Crippen LogP contribution in [0.1, 0.15) is 35.8 Å². The standard InChI is InChI=1S/C18H23N3O2S/c1-13(17-19-8-10-24-17)12-21(2)18(22)20-11-14-7-9-23-16-6-4-3-5-15(14)16/h3-6,8,10,13-14H,7,9,11-12H2,1-2H3,(H,20,22)/t13-,14-/m1/s1. The van der Waals surface area contributed by atoms with Crippen molar-refractivity contribution in [3.63, 3.8) is 0 Å². The van der Waals surface area contributed by atoms with Crippen LogP contribution in [0.15, 0.2) is 35.8 Å². The molecule has 0 unspecified atom stereocenters. The first-order chi connectivity index (χ1) is 11.6. The molecule has 0 radical (unpaired) electrons. The summed E-state index contributed by atoms with van der Waals surface area (Å²) >= 11 is 1.63. The SMILES string of the molecule is C[C@H](CN(C)C(=O)NC[C@H]1CCOc2ccccc21)c1nccs1. The number of amides is 2. The Morgan fingerprint density at radius 1 is 1.50 bits per heavy atom. The van der Waals surface area contributed by atoms with E-state index in [9.17, 15) is 4.79 Å². The normalized spacial score (nSPS) is 17.5. The van der Waals surface area contributed by atoms with E-state index in [-0.39, 0.29) is 11.9 Å². The molecule has 1 aliphatic heterocycles. The number of carbonyl (C=O) groups is 1. The number of hydrogen-bond donors (Lipinski definition) is 1. The second-order valence-corrected chi connectivity index (χ2v) is 7.14. The molecule has 5 nitrogen and oxygen atoms in total. The quantitative estimate of drug-likeness (QED) is 0.903. The fraction of sp³-hybridized carbons (Fsp3) is 0.444. The van der Waals surface area contributed by atoms with Gasteiger partial charge in [0.25, 0.3) is 0 Å². The monoisotopic (exact) mass is 345 g/mol. The van der Waals surface area contributed by atoms with Gasteiger partial charge in [-0.2, -0.15) is 0 Å². The van der Waals surface area contributed by atoms with Gasteiger partial charge in [0.2, 0.25) is 0 Å². The molecule has 0 fully saturated rings. The molecular weight excluding hydrogens is 322 g/mol. The summed E-state index contributed by atoms with van der Waals surface area (Å²) in [4.78, 5) is 18.4. The lowest BCUT2D eigenvalue weighted by Crippen LogP contribution is -2.41. The number of benzene rings is 1. The first kappa shape index (κ1) is 16.8. The molecule has 0 saturated heterocycles. The van der Waals surface area contributed by atoms with Crippen LogP contribution in [0.3, 0.4) is 0 Å². The van der Waals surface area contributed by atoms with Crippen LogP contribution in [-0.4, -0.2) is 42.7 Å². The molecule has 1 aromatic carbocycles. The summed E-state index contributed by atoms with van der Waals surface area (Å²) in [5, 5.41) is 6.09. The third-order valence-corrected chi connectivity index (χ3v) is 5.36. The van der Waals surface area contributed by atoms with Gasteiger partial charge in [0, 0.05) is 43.5 Å². The Kier molecular flexibility index (Phi) is 5.35. The van der Waals surface area contributed by atoms with E-state index in [1.165, 1.54) is 5.56 Å². The predicted molar refractivity (Wildman–Crippen MR) is 95.9 cm³/mol. The van der Waals surface area contributed by atoms with Crippen LogP contribution >= 0.6 is 11.3 Å². The average Bonchev–Trinajstić information content (AvgIpc) is 3.14. The molecule has 1 aliphatic rings. The number of urea groups is 1. The predicted octanol–water partition coefficient (Wildman–Crippen LogP) is 3.45. The Morgan fingerprint density at radius 3 is 3.12 bits per heavy atom. The van der Waals surface area contributed by atoms with Crippen molar-refractivity contribution >= 4 is 17.4 Å². The zero-order valence-electron chi connectivity index (χ0n) is 14.1. The van der Waals surface area contributed by atoms with E-state index in [4.69, 9.17) is 4.74 Å². The highest BCUT2D eigenvalue weighted by molar-refractivity contribution is 7.09. The smallest absolute Gasteiger partial charge is 0.317 e. The van der Waals surface area contributed by atoms with Gasteiger partial charge < -0.3 is 15.0 Å². The highest BCUT2D eigenvalue weighted by Crippen LogP contribution is 2.32. The van der Waals surface area contributed by atoms with Crippen molar-refractivity contribution in [1.29, 1.82) is 0 Å². The van der Waals surface area contributed by atoms with Gasteiger partial charge in [-0.05, 0) is 18.1 Å². The highest BCUT2D eigenvalue weighted by atomic mass is 32.1. The van der Waals surface area contributed by atoms with Crippen LogP contribution in [0, 0.1) is 0 Å². The molecule has 2 atom stereocenters. The average molecular weight is 345 g/mol. The minimum absolute atomic E-state index is 0.0395. The maximum absolute atomic E-state index is 12.4. The molecule has 6 heteroatoms. The number of carbonyl (C=O) groups excluding carboxylic acids is 1. The molecule has 2 amide bonds. The molecule has 2 heterocycles. The molecule has 1 aromatic heterocycles. The largest absolute Gasteiger partial charge is 0.493 e. The van der Waals surface area contributed by atoms with Crippen molar-refractivity contribution in [2.75, 3.05) is 26.7 Å². The lowest BCUT2D eigenvalue weighted by atomic mass is 9.93. The number of rotatable bonds is 5. The number of thiazole rings is 1. The lowest BCUT2D eigenvalue weighted by molar-refractivity contribution is 0.203. The fourth-order valence-electron chi connectivity index (χ4n) is 3.02. The Labute approximate surface area is 146 Å². The molecule has 24 heavy (non-hydrogen) atoms. The van der Waals surface area contributed by atoms with Gasteiger partial charge in [-0.15, -0.1) is 11.3 Å². The number of likely N-dealkylation sites (N-methyl/N-ethyl adjacent to an activating group) is 1. The number of nitrogens with zero attached hydrogens (tertiary/aromatic N) is 2. The van der Waals surface area contributed by atoms with Crippen molar-refractivity contribution < 1.29 is 9.53 Å². The van der Waals surface area contributed by atoms with Crippen molar-refractivity contribution in [2.45, 2.75) is 25.2 Å². The third-order valence-electron chi connectivity index (χ3n) is 4.35.